The molecular formula is C10H14O4. The molecule has 78 valence electrons. The van der Waals surface area contributed by atoms with Gasteiger partial charge in [0.25, 0.3) is 0 Å². The average Bonchev–Trinajstić information content (AvgIpc) is 2.09. The molecule has 4 heteroatoms. The molecule has 0 saturated heterocycles. The molecule has 0 heterocycles. The first-order valence-corrected chi connectivity index (χ1v) is 4.39. The van der Waals surface area contributed by atoms with E-state index in [2.05, 4.69) is 0 Å². The van der Waals surface area contributed by atoms with Crippen LogP contribution in [0.2, 0.25) is 0 Å². The van der Waals surface area contributed by atoms with Crippen LogP contribution in [0.25, 0.3) is 0 Å². The average molecular weight is 198 g/mol. The van der Waals surface area contributed by atoms with Crippen LogP contribution < -0.4 is 0 Å². The van der Waals surface area contributed by atoms with Gasteiger partial charge in [-0.2, -0.15) is 0 Å². The summed E-state index contributed by atoms with van der Waals surface area (Å²) in [7, 11) is 0. The predicted molar refractivity (Wildman–Crippen MR) is 52.0 cm³/mol. The van der Waals surface area contributed by atoms with Gasteiger partial charge in [0, 0.05) is 11.6 Å². The van der Waals surface area contributed by atoms with Gasteiger partial charge in [-0.1, -0.05) is 19.1 Å². The Bertz CT molecular complexity index is 263. The van der Waals surface area contributed by atoms with E-state index in [1.807, 2.05) is 19.1 Å². The first kappa shape index (κ1) is 12.4. The molecule has 0 radical (unpaired) electrons. The summed E-state index contributed by atoms with van der Waals surface area (Å²) in [5, 5.41) is 17.0. The van der Waals surface area contributed by atoms with E-state index in [1.54, 1.807) is 0 Å². The maximum Gasteiger partial charge on any atom is 0.331 e. The van der Waals surface area contributed by atoms with E-state index in [-0.39, 0.29) is 12.0 Å². The largest absolute Gasteiger partial charge is 0.478 e. The lowest BCUT2D eigenvalue weighted by Crippen LogP contribution is -2.03. The van der Waals surface area contributed by atoms with Crippen molar-refractivity contribution in [3.63, 3.8) is 0 Å². The highest BCUT2D eigenvalue weighted by Gasteiger charge is 2.07. The fraction of sp³-hybridized carbons (Fsp3) is 0.400. The molecule has 0 aliphatic rings. The zero-order valence-electron chi connectivity index (χ0n) is 8.06. The maximum absolute atomic E-state index is 10.5. The van der Waals surface area contributed by atoms with Gasteiger partial charge >= 0.3 is 11.9 Å². The van der Waals surface area contributed by atoms with E-state index in [4.69, 9.17) is 10.2 Å². The molecule has 4 nitrogen and oxygen atoms in total. The predicted octanol–water partition coefficient (Wildman–Crippen LogP) is 1.83. The van der Waals surface area contributed by atoms with Crippen molar-refractivity contribution in [3.05, 3.63) is 23.8 Å². The third kappa shape index (κ3) is 5.99. The highest BCUT2D eigenvalue weighted by Crippen LogP contribution is 2.06. The van der Waals surface area contributed by atoms with E-state index >= 15 is 0 Å². The Kier molecular flexibility index (Phi) is 6.11. The number of carboxylic acid groups (broad SMARTS) is 2. The molecule has 0 aliphatic carbocycles. The van der Waals surface area contributed by atoms with Gasteiger partial charge in [-0.25, -0.2) is 9.59 Å². The molecule has 0 aliphatic heterocycles. The van der Waals surface area contributed by atoms with E-state index < -0.39 is 11.9 Å². The normalized spacial score (nSPS) is 11.9. The fourth-order valence-electron chi connectivity index (χ4n) is 0.913. The molecule has 14 heavy (non-hydrogen) atoms. The van der Waals surface area contributed by atoms with Gasteiger partial charge in [-0.05, 0) is 19.3 Å². The minimum atomic E-state index is -1.22. The van der Waals surface area contributed by atoms with Gasteiger partial charge in [0.1, 0.15) is 0 Å². The molecular weight excluding hydrogens is 184 g/mol. The van der Waals surface area contributed by atoms with Gasteiger partial charge in [0.05, 0.1) is 0 Å². The minimum absolute atomic E-state index is 0.0711. The molecule has 0 rings (SSSR count). The van der Waals surface area contributed by atoms with Crippen molar-refractivity contribution in [2.24, 2.45) is 0 Å². The molecule has 0 bridgehead atoms. The van der Waals surface area contributed by atoms with Crippen LogP contribution in [0.1, 0.15) is 26.2 Å². The number of carbonyl (C=O) groups is 2. The highest BCUT2D eigenvalue weighted by atomic mass is 16.4. The summed E-state index contributed by atoms with van der Waals surface area (Å²) >= 11 is 0. The zero-order valence-corrected chi connectivity index (χ0v) is 8.06. The first-order valence-electron chi connectivity index (χ1n) is 4.39. The van der Waals surface area contributed by atoms with Crippen LogP contribution in [0.4, 0.5) is 0 Å². The molecule has 0 saturated carbocycles. The second-order valence-corrected chi connectivity index (χ2v) is 2.73. The second kappa shape index (κ2) is 6.88. The molecule has 0 aromatic carbocycles. The van der Waals surface area contributed by atoms with Gasteiger partial charge in [-0.3, -0.25) is 0 Å². The smallest absolute Gasteiger partial charge is 0.331 e. The molecule has 0 fully saturated rings. The van der Waals surface area contributed by atoms with Crippen molar-refractivity contribution in [2.45, 2.75) is 26.2 Å². The number of hydrogen-bond donors (Lipinski definition) is 2. The Morgan fingerprint density at radius 1 is 1.21 bits per heavy atom. The lowest BCUT2D eigenvalue weighted by Gasteiger charge is -1.97. The van der Waals surface area contributed by atoms with Gasteiger partial charge < -0.3 is 10.2 Å². The SMILES string of the molecule is CC/C=C\CC/C(=C/C(=O)O)C(=O)O. The van der Waals surface area contributed by atoms with Crippen LogP contribution in [-0.4, -0.2) is 22.2 Å². The van der Waals surface area contributed by atoms with Crippen molar-refractivity contribution in [3.8, 4) is 0 Å². The van der Waals surface area contributed by atoms with Crippen LogP contribution >= 0.6 is 0 Å². The lowest BCUT2D eigenvalue weighted by atomic mass is 10.1. The summed E-state index contributed by atoms with van der Waals surface area (Å²) in [5.41, 5.74) is -0.0711. The Hall–Kier alpha value is -1.58. The number of carboxylic acids is 2. The Morgan fingerprint density at radius 3 is 2.29 bits per heavy atom. The molecule has 0 aromatic rings. The van der Waals surface area contributed by atoms with Crippen LogP contribution in [0.3, 0.4) is 0 Å². The molecule has 0 amide bonds. The fourth-order valence-corrected chi connectivity index (χ4v) is 0.913. The summed E-state index contributed by atoms with van der Waals surface area (Å²) < 4.78 is 0. The standard InChI is InChI=1S/C10H14O4/c1-2-3-4-5-6-8(10(13)14)7-9(11)12/h3-4,7H,2,5-6H2,1H3,(H,11,12)(H,13,14)/b4-3-,8-7-. The third-order valence-corrected chi connectivity index (χ3v) is 1.56. The Morgan fingerprint density at radius 2 is 1.86 bits per heavy atom. The lowest BCUT2D eigenvalue weighted by molar-refractivity contribution is -0.135. The third-order valence-electron chi connectivity index (χ3n) is 1.56. The summed E-state index contributed by atoms with van der Waals surface area (Å²) in [6, 6.07) is 0. The van der Waals surface area contributed by atoms with Crippen molar-refractivity contribution < 1.29 is 19.8 Å². The van der Waals surface area contributed by atoms with Crippen LogP contribution in [0, 0.1) is 0 Å². The van der Waals surface area contributed by atoms with E-state index in [9.17, 15) is 9.59 Å². The van der Waals surface area contributed by atoms with Crippen molar-refractivity contribution >= 4 is 11.9 Å². The zero-order chi connectivity index (χ0) is 11.0. The van der Waals surface area contributed by atoms with E-state index in [0.29, 0.717) is 6.42 Å². The minimum Gasteiger partial charge on any atom is -0.478 e. The number of hydrogen-bond acceptors (Lipinski definition) is 2. The maximum atomic E-state index is 10.5. The van der Waals surface area contributed by atoms with Gasteiger partial charge in [0.2, 0.25) is 0 Å². The summed E-state index contributed by atoms with van der Waals surface area (Å²) in [4.78, 5) is 20.8. The number of allylic oxidation sites excluding steroid dienone is 2. The second-order valence-electron chi connectivity index (χ2n) is 2.73. The molecule has 0 aromatic heterocycles. The van der Waals surface area contributed by atoms with E-state index in [1.165, 1.54) is 0 Å². The molecule has 0 atom stereocenters. The Balaban J connectivity index is 4.19. The van der Waals surface area contributed by atoms with Crippen molar-refractivity contribution in [1.82, 2.24) is 0 Å². The topological polar surface area (TPSA) is 74.6 Å². The van der Waals surface area contributed by atoms with Crippen molar-refractivity contribution in [2.75, 3.05) is 0 Å². The first-order chi connectivity index (χ1) is 6.57. The summed E-state index contributed by atoms with van der Waals surface area (Å²) in [6.07, 6.45) is 6.20. The monoisotopic (exact) mass is 198 g/mol. The highest BCUT2D eigenvalue weighted by molar-refractivity contribution is 5.94. The number of rotatable bonds is 6. The van der Waals surface area contributed by atoms with Crippen LogP contribution in [-0.2, 0) is 9.59 Å². The Labute approximate surface area is 82.6 Å². The summed E-state index contributed by atoms with van der Waals surface area (Å²) in [5.74, 6) is -2.39. The summed E-state index contributed by atoms with van der Waals surface area (Å²) in [6.45, 7) is 1.97. The van der Waals surface area contributed by atoms with Gasteiger partial charge in [0.15, 0.2) is 0 Å². The molecule has 0 unspecified atom stereocenters. The molecule has 2 N–H and O–H groups in total. The molecule has 0 spiro atoms. The van der Waals surface area contributed by atoms with Crippen molar-refractivity contribution in [1.29, 1.82) is 0 Å². The van der Waals surface area contributed by atoms with Crippen LogP contribution in [0.5, 0.6) is 0 Å². The van der Waals surface area contributed by atoms with E-state index in [0.717, 1.165) is 12.5 Å². The van der Waals surface area contributed by atoms with Crippen LogP contribution in [0.15, 0.2) is 23.8 Å². The quantitative estimate of drug-likeness (QED) is 0.504. The van der Waals surface area contributed by atoms with Gasteiger partial charge in [-0.15, -0.1) is 0 Å². The number of aliphatic carboxylic acids is 2.